The van der Waals surface area contributed by atoms with Gasteiger partial charge in [-0.15, -0.1) is 10.2 Å². The largest absolute Gasteiger partial charge is 0.352 e. The van der Waals surface area contributed by atoms with Crippen molar-refractivity contribution in [3.05, 3.63) is 21.9 Å². The van der Waals surface area contributed by atoms with Crippen molar-refractivity contribution in [3.8, 4) is 0 Å². The highest BCUT2D eigenvalue weighted by atomic mass is 35.5. The zero-order chi connectivity index (χ0) is 15.2. The zero-order valence-electron chi connectivity index (χ0n) is 12.0. The second-order valence-electron chi connectivity index (χ2n) is 5.13. The van der Waals surface area contributed by atoms with E-state index in [-0.39, 0.29) is 21.8 Å². The Bertz CT molecular complexity index is 491. The average molecular weight is 332 g/mol. The van der Waals surface area contributed by atoms with Gasteiger partial charge in [-0.05, 0) is 26.1 Å². The van der Waals surface area contributed by atoms with Gasteiger partial charge in [-0.2, -0.15) is 0 Å². The van der Waals surface area contributed by atoms with Crippen molar-refractivity contribution in [2.45, 2.75) is 6.42 Å². The fourth-order valence-corrected chi connectivity index (χ4v) is 2.51. The summed E-state index contributed by atoms with van der Waals surface area (Å²) >= 11 is 11.5. The predicted octanol–water partition coefficient (Wildman–Crippen LogP) is 1.15. The van der Waals surface area contributed by atoms with Gasteiger partial charge in [-0.3, -0.25) is 4.79 Å². The van der Waals surface area contributed by atoms with E-state index in [1.165, 1.54) is 6.07 Å². The summed E-state index contributed by atoms with van der Waals surface area (Å²) in [5.41, 5.74) is 0.260. The third-order valence-corrected chi connectivity index (χ3v) is 3.96. The van der Waals surface area contributed by atoms with E-state index in [4.69, 9.17) is 23.2 Å². The molecule has 0 atom stereocenters. The Morgan fingerprint density at radius 3 is 2.71 bits per heavy atom. The molecule has 6 nitrogen and oxygen atoms in total. The Kier molecular flexibility index (Phi) is 6.17. The Labute approximate surface area is 134 Å². The molecule has 21 heavy (non-hydrogen) atoms. The molecule has 1 saturated heterocycles. The molecular weight excluding hydrogens is 313 g/mol. The molecule has 0 aromatic carbocycles. The minimum absolute atomic E-state index is 0.0657. The molecule has 1 aromatic heterocycles. The van der Waals surface area contributed by atoms with Gasteiger partial charge in [0.25, 0.3) is 5.91 Å². The summed E-state index contributed by atoms with van der Waals surface area (Å²) in [7, 11) is 2.13. The van der Waals surface area contributed by atoms with Crippen molar-refractivity contribution in [1.29, 1.82) is 0 Å². The minimum atomic E-state index is -0.268. The van der Waals surface area contributed by atoms with Crippen LogP contribution in [0.25, 0.3) is 0 Å². The summed E-state index contributed by atoms with van der Waals surface area (Å²) in [5, 5.41) is 10.2. The van der Waals surface area contributed by atoms with Crippen LogP contribution in [0.2, 0.25) is 10.3 Å². The minimum Gasteiger partial charge on any atom is -0.352 e. The van der Waals surface area contributed by atoms with E-state index in [1.54, 1.807) is 0 Å². The van der Waals surface area contributed by atoms with E-state index in [0.717, 1.165) is 39.1 Å². The molecule has 8 heteroatoms. The lowest BCUT2D eigenvalue weighted by atomic mass is 10.2. The maximum atomic E-state index is 12.0. The van der Waals surface area contributed by atoms with Crippen LogP contribution in [-0.2, 0) is 0 Å². The standard InChI is InChI=1S/C13H19Cl2N5O/c1-19-5-7-20(8-6-19)4-2-3-16-13(21)10-9-11(14)17-18-12(10)15/h9H,2-8H2,1H3,(H,16,21). The number of nitrogens with zero attached hydrogens (tertiary/aromatic N) is 4. The zero-order valence-corrected chi connectivity index (χ0v) is 13.5. The molecule has 0 saturated carbocycles. The number of aromatic nitrogens is 2. The number of halogens is 2. The molecule has 0 spiro atoms. The Morgan fingerprint density at radius 2 is 2.00 bits per heavy atom. The predicted molar refractivity (Wildman–Crippen MR) is 82.9 cm³/mol. The summed E-state index contributed by atoms with van der Waals surface area (Å²) in [4.78, 5) is 16.7. The van der Waals surface area contributed by atoms with Crippen LogP contribution in [0.3, 0.4) is 0 Å². The van der Waals surface area contributed by atoms with E-state index in [0.29, 0.717) is 6.54 Å². The maximum Gasteiger partial charge on any atom is 0.254 e. The van der Waals surface area contributed by atoms with E-state index in [9.17, 15) is 4.79 Å². The summed E-state index contributed by atoms with van der Waals surface area (Å²) in [6.07, 6.45) is 0.902. The van der Waals surface area contributed by atoms with Crippen LogP contribution in [0.1, 0.15) is 16.8 Å². The molecule has 1 N–H and O–H groups in total. The van der Waals surface area contributed by atoms with Crippen molar-refractivity contribution in [1.82, 2.24) is 25.3 Å². The van der Waals surface area contributed by atoms with Crippen LogP contribution in [0.5, 0.6) is 0 Å². The number of hydrogen-bond donors (Lipinski definition) is 1. The highest BCUT2D eigenvalue weighted by Crippen LogP contribution is 2.14. The number of piperazine rings is 1. The number of nitrogens with one attached hydrogen (secondary N) is 1. The second-order valence-corrected chi connectivity index (χ2v) is 5.87. The molecule has 0 aliphatic carbocycles. The number of hydrogen-bond acceptors (Lipinski definition) is 5. The molecular formula is C13H19Cl2N5O. The molecule has 1 amide bonds. The van der Waals surface area contributed by atoms with E-state index in [2.05, 4.69) is 32.4 Å². The van der Waals surface area contributed by atoms with Gasteiger partial charge in [-0.25, -0.2) is 0 Å². The molecule has 2 heterocycles. The third kappa shape index (κ3) is 5.07. The lowest BCUT2D eigenvalue weighted by molar-refractivity contribution is 0.0949. The number of rotatable bonds is 5. The van der Waals surface area contributed by atoms with Crippen LogP contribution in [0, 0.1) is 0 Å². The van der Waals surface area contributed by atoms with Gasteiger partial charge in [0.05, 0.1) is 5.56 Å². The van der Waals surface area contributed by atoms with Crippen molar-refractivity contribution < 1.29 is 4.79 Å². The lowest BCUT2D eigenvalue weighted by Gasteiger charge is -2.32. The number of likely N-dealkylation sites (N-methyl/N-ethyl adjacent to an activating group) is 1. The van der Waals surface area contributed by atoms with Crippen LogP contribution in [0.4, 0.5) is 0 Å². The molecule has 1 aromatic rings. The SMILES string of the molecule is CN1CCN(CCCNC(=O)c2cc(Cl)nnc2Cl)CC1. The molecule has 0 unspecified atom stereocenters. The third-order valence-electron chi connectivity index (χ3n) is 3.50. The fraction of sp³-hybridized carbons (Fsp3) is 0.615. The molecule has 2 rings (SSSR count). The summed E-state index contributed by atoms with van der Waals surface area (Å²) in [5.74, 6) is -0.268. The van der Waals surface area contributed by atoms with Gasteiger partial charge in [-0.1, -0.05) is 23.2 Å². The topological polar surface area (TPSA) is 61.4 Å². The smallest absolute Gasteiger partial charge is 0.254 e. The van der Waals surface area contributed by atoms with E-state index < -0.39 is 0 Å². The van der Waals surface area contributed by atoms with Crippen LogP contribution < -0.4 is 5.32 Å². The first-order valence-electron chi connectivity index (χ1n) is 6.94. The summed E-state index contributed by atoms with van der Waals surface area (Å²) in [6.45, 7) is 5.95. The first kappa shape index (κ1) is 16.4. The molecule has 0 radical (unpaired) electrons. The van der Waals surface area contributed by atoms with E-state index >= 15 is 0 Å². The maximum absolute atomic E-state index is 12.0. The Hall–Kier alpha value is -0.950. The normalized spacial score (nSPS) is 16.9. The van der Waals surface area contributed by atoms with Gasteiger partial charge in [0.15, 0.2) is 10.3 Å². The van der Waals surface area contributed by atoms with Gasteiger partial charge >= 0.3 is 0 Å². The summed E-state index contributed by atoms with van der Waals surface area (Å²) in [6, 6.07) is 1.42. The highest BCUT2D eigenvalue weighted by molar-refractivity contribution is 6.34. The molecule has 1 fully saturated rings. The molecule has 116 valence electrons. The van der Waals surface area contributed by atoms with Crippen molar-refractivity contribution in [2.75, 3.05) is 46.3 Å². The van der Waals surface area contributed by atoms with Crippen molar-refractivity contribution in [3.63, 3.8) is 0 Å². The molecule has 0 bridgehead atoms. The summed E-state index contributed by atoms with van der Waals surface area (Å²) < 4.78 is 0. The monoisotopic (exact) mass is 331 g/mol. The molecule has 1 aliphatic rings. The van der Waals surface area contributed by atoms with Gasteiger partial charge in [0.2, 0.25) is 0 Å². The highest BCUT2D eigenvalue weighted by Gasteiger charge is 2.14. The van der Waals surface area contributed by atoms with Gasteiger partial charge in [0.1, 0.15) is 0 Å². The fourth-order valence-electron chi connectivity index (χ4n) is 2.18. The van der Waals surface area contributed by atoms with E-state index in [1.807, 2.05) is 0 Å². The first-order chi connectivity index (χ1) is 10.1. The Morgan fingerprint density at radius 1 is 1.29 bits per heavy atom. The number of carbonyl (C=O) groups excluding carboxylic acids is 1. The lowest BCUT2D eigenvalue weighted by Crippen LogP contribution is -2.45. The Balaban J connectivity index is 1.71. The van der Waals surface area contributed by atoms with Crippen molar-refractivity contribution in [2.24, 2.45) is 0 Å². The quantitative estimate of drug-likeness (QED) is 0.820. The first-order valence-corrected chi connectivity index (χ1v) is 7.69. The molecule has 1 aliphatic heterocycles. The van der Waals surface area contributed by atoms with Gasteiger partial charge < -0.3 is 15.1 Å². The number of amides is 1. The van der Waals surface area contributed by atoms with Crippen LogP contribution in [0.15, 0.2) is 6.07 Å². The second kappa shape index (κ2) is 7.89. The average Bonchev–Trinajstić information content (AvgIpc) is 2.47. The van der Waals surface area contributed by atoms with Crippen molar-refractivity contribution >= 4 is 29.1 Å². The van der Waals surface area contributed by atoms with Crippen LogP contribution >= 0.6 is 23.2 Å². The van der Waals surface area contributed by atoms with Crippen LogP contribution in [-0.4, -0.2) is 72.2 Å². The van der Waals surface area contributed by atoms with Gasteiger partial charge in [0, 0.05) is 32.7 Å². The number of carbonyl (C=O) groups is 1.